The van der Waals surface area contributed by atoms with E-state index in [0.29, 0.717) is 9.49 Å². The fraction of sp³-hybridized carbons (Fsp3) is 0. The van der Waals surface area contributed by atoms with E-state index in [9.17, 15) is 0 Å². The van der Waals surface area contributed by atoms with E-state index in [1.165, 1.54) is 11.3 Å². The molecule has 4 heteroatoms. The molecule has 1 nitrogen and oxygen atoms in total. The fourth-order valence-corrected chi connectivity index (χ4v) is 2.04. The van der Waals surface area contributed by atoms with Gasteiger partial charge in [0.25, 0.3) is 0 Å². The molecular weight excluding hydrogens is 225 g/mol. The average Bonchev–Trinajstić information content (AvgIpc) is 2.53. The van der Waals surface area contributed by atoms with E-state index in [1.54, 1.807) is 0 Å². The summed E-state index contributed by atoms with van der Waals surface area (Å²) in [6, 6.07) is 7.58. The first-order chi connectivity index (χ1) is 6.27. The van der Waals surface area contributed by atoms with Crippen molar-refractivity contribution in [2.75, 3.05) is 0 Å². The highest BCUT2D eigenvalue weighted by atomic mass is 35.5. The van der Waals surface area contributed by atoms with Gasteiger partial charge in [0.2, 0.25) is 0 Å². The summed E-state index contributed by atoms with van der Waals surface area (Å²) in [6.45, 7) is 0. The first kappa shape index (κ1) is 9.00. The topological polar surface area (TPSA) is 12.9 Å². The molecule has 66 valence electrons. The molecule has 1 heterocycles. The summed E-state index contributed by atoms with van der Waals surface area (Å²) < 4.78 is 0.537. The molecule has 0 aliphatic carbocycles. The average molecular weight is 230 g/mol. The molecule has 0 N–H and O–H groups in total. The molecule has 0 radical (unpaired) electrons. The predicted octanol–water partition coefficient (Wildman–Crippen LogP) is 4.12. The van der Waals surface area contributed by atoms with E-state index in [4.69, 9.17) is 23.2 Å². The van der Waals surface area contributed by atoms with E-state index >= 15 is 0 Å². The van der Waals surface area contributed by atoms with Crippen LogP contribution in [0.4, 0.5) is 0 Å². The van der Waals surface area contributed by atoms with E-state index < -0.39 is 0 Å². The third kappa shape index (κ3) is 1.85. The number of nitrogens with zero attached hydrogens (tertiary/aromatic N) is 1. The molecule has 0 atom stereocenters. The summed E-state index contributed by atoms with van der Waals surface area (Å²) in [4.78, 5) is 4.14. The summed E-state index contributed by atoms with van der Waals surface area (Å²) >= 11 is 13.1. The van der Waals surface area contributed by atoms with Crippen LogP contribution >= 0.6 is 34.5 Å². The molecule has 1 aromatic carbocycles. The minimum absolute atomic E-state index is 0.537. The molecule has 13 heavy (non-hydrogen) atoms. The number of hydrogen-bond donors (Lipinski definition) is 0. The van der Waals surface area contributed by atoms with Crippen molar-refractivity contribution >= 4 is 34.5 Å². The van der Waals surface area contributed by atoms with Crippen LogP contribution in [0.15, 0.2) is 29.6 Å². The summed E-state index contributed by atoms with van der Waals surface area (Å²) in [7, 11) is 0. The second-order valence-electron chi connectivity index (χ2n) is 2.47. The summed E-state index contributed by atoms with van der Waals surface area (Å²) in [5, 5.41) is 2.59. The van der Waals surface area contributed by atoms with Gasteiger partial charge in [0.15, 0.2) is 4.47 Å². The van der Waals surface area contributed by atoms with Gasteiger partial charge >= 0.3 is 0 Å². The Bertz CT molecular complexity index is 425. The molecule has 1 aromatic heterocycles. The maximum absolute atomic E-state index is 5.99. The highest BCUT2D eigenvalue weighted by molar-refractivity contribution is 7.14. The number of aromatic nitrogens is 1. The second-order valence-corrected chi connectivity index (χ2v) is 4.31. The number of hydrogen-bond acceptors (Lipinski definition) is 2. The van der Waals surface area contributed by atoms with Gasteiger partial charge in [0.05, 0.1) is 5.69 Å². The van der Waals surface area contributed by atoms with Crippen LogP contribution in [0.5, 0.6) is 0 Å². The Morgan fingerprint density at radius 3 is 2.54 bits per heavy atom. The van der Waals surface area contributed by atoms with Crippen LogP contribution in [0.1, 0.15) is 0 Å². The first-order valence-corrected chi connectivity index (χ1v) is 5.27. The molecule has 2 rings (SSSR count). The lowest BCUT2D eigenvalue weighted by Gasteiger charge is -1.97. The zero-order chi connectivity index (χ0) is 9.26. The molecular formula is C9H5Cl2NS. The number of benzene rings is 1. The Morgan fingerprint density at radius 1 is 1.15 bits per heavy atom. The van der Waals surface area contributed by atoms with Crippen LogP contribution in [0.3, 0.4) is 0 Å². The number of thiazole rings is 1. The molecule has 0 saturated carbocycles. The minimum atomic E-state index is 0.537. The highest BCUT2D eigenvalue weighted by Gasteiger charge is 2.05. The number of halogens is 2. The molecule has 0 amide bonds. The third-order valence-corrected chi connectivity index (χ3v) is 2.93. The maximum Gasteiger partial charge on any atom is 0.184 e. The van der Waals surface area contributed by atoms with Crippen LogP contribution in [0.2, 0.25) is 9.49 Å². The van der Waals surface area contributed by atoms with Gasteiger partial charge in [-0.05, 0) is 6.07 Å². The Labute approximate surface area is 90.0 Å². The van der Waals surface area contributed by atoms with Crippen LogP contribution in [0.25, 0.3) is 11.3 Å². The van der Waals surface area contributed by atoms with Gasteiger partial charge in [-0.2, -0.15) is 0 Å². The standard InChI is InChI=1S/C9H5Cl2NS/c10-7-4-2-1-3-6(7)8-5-13-9(11)12-8/h1-5H. The predicted molar refractivity (Wildman–Crippen MR) is 57.6 cm³/mol. The first-order valence-electron chi connectivity index (χ1n) is 3.63. The van der Waals surface area contributed by atoms with E-state index in [2.05, 4.69) is 4.98 Å². The summed E-state index contributed by atoms with van der Waals surface area (Å²) in [5.74, 6) is 0. The molecule has 0 bridgehead atoms. The van der Waals surface area contributed by atoms with Crippen LogP contribution < -0.4 is 0 Å². The van der Waals surface area contributed by atoms with Gasteiger partial charge in [-0.15, -0.1) is 11.3 Å². The van der Waals surface area contributed by atoms with E-state index in [0.717, 1.165) is 11.3 Å². The summed E-state index contributed by atoms with van der Waals surface area (Å²) in [6.07, 6.45) is 0. The lowest BCUT2D eigenvalue weighted by molar-refractivity contribution is 1.41. The van der Waals surface area contributed by atoms with Crippen LogP contribution in [-0.4, -0.2) is 4.98 Å². The maximum atomic E-state index is 5.99. The van der Waals surface area contributed by atoms with Crippen molar-refractivity contribution in [3.8, 4) is 11.3 Å². The third-order valence-electron chi connectivity index (χ3n) is 1.63. The lowest BCUT2D eigenvalue weighted by atomic mass is 10.2. The number of rotatable bonds is 1. The molecule has 0 spiro atoms. The molecule has 0 aliphatic rings. The lowest BCUT2D eigenvalue weighted by Crippen LogP contribution is -1.77. The van der Waals surface area contributed by atoms with Crippen molar-refractivity contribution in [1.29, 1.82) is 0 Å². The molecule has 2 aromatic rings. The zero-order valence-corrected chi connectivity index (χ0v) is 8.83. The normalized spacial score (nSPS) is 10.3. The van der Waals surface area contributed by atoms with E-state index in [1.807, 2.05) is 29.6 Å². The Morgan fingerprint density at radius 2 is 1.92 bits per heavy atom. The van der Waals surface area contributed by atoms with E-state index in [-0.39, 0.29) is 0 Å². The Hall–Kier alpha value is -0.570. The van der Waals surface area contributed by atoms with Gasteiger partial charge in [-0.1, -0.05) is 41.4 Å². The molecule has 0 aliphatic heterocycles. The Balaban J connectivity index is 2.52. The quantitative estimate of drug-likeness (QED) is 0.718. The van der Waals surface area contributed by atoms with Gasteiger partial charge in [-0.3, -0.25) is 0 Å². The second kappa shape index (κ2) is 3.66. The van der Waals surface area contributed by atoms with Gasteiger partial charge in [0.1, 0.15) is 0 Å². The van der Waals surface area contributed by atoms with Crippen LogP contribution in [-0.2, 0) is 0 Å². The fourth-order valence-electron chi connectivity index (χ4n) is 1.04. The van der Waals surface area contributed by atoms with Crippen molar-refractivity contribution in [3.63, 3.8) is 0 Å². The molecule has 0 saturated heterocycles. The SMILES string of the molecule is Clc1nc(-c2ccccc2Cl)cs1. The monoisotopic (exact) mass is 229 g/mol. The Kier molecular flexibility index (Phi) is 2.54. The smallest absolute Gasteiger partial charge is 0.184 e. The summed E-state index contributed by atoms with van der Waals surface area (Å²) in [5.41, 5.74) is 1.76. The van der Waals surface area contributed by atoms with Crippen molar-refractivity contribution in [1.82, 2.24) is 4.98 Å². The van der Waals surface area contributed by atoms with Crippen molar-refractivity contribution in [2.45, 2.75) is 0 Å². The minimum Gasteiger partial charge on any atom is -0.225 e. The van der Waals surface area contributed by atoms with Crippen molar-refractivity contribution in [2.24, 2.45) is 0 Å². The highest BCUT2D eigenvalue weighted by Crippen LogP contribution is 2.29. The van der Waals surface area contributed by atoms with Gasteiger partial charge in [0, 0.05) is 16.0 Å². The van der Waals surface area contributed by atoms with Crippen LogP contribution in [0, 0.1) is 0 Å². The van der Waals surface area contributed by atoms with Crippen molar-refractivity contribution < 1.29 is 0 Å². The zero-order valence-electron chi connectivity index (χ0n) is 6.50. The molecule has 0 unspecified atom stereocenters. The van der Waals surface area contributed by atoms with Gasteiger partial charge < -0.3 is 0 Å². The molecule has 0 fully saturated rings. The van der Waals surface area contributed by atoms with Gasteiger partial charge in [-0.25, -0.2) is 4.98 Å². The van der Waals surface area contributed by atoms with Crippen molar-refractivity contribution in [3.05, 3.63) is 39.1 Å². The largest absolute Gasteiger partial charge is 0.225 e.